The normalized spacial score (nSPS) is 11.3. The number of benzene rings is 1. The van der Waals surface area contributed by atoms with Crippen LogP contribution in [0, 0.1) is 0 Å². The molecule has 0 aliphatic heterocycles. The maximum atomic E-state index is 5.16. The second kappa shape index (κ2) is 8.77. The maximum absolute atomic E-state index is 5.16. The predicted molar refractivity (Wildman–Crippen MR) is 90.2 cm³/mol. The minimum atomic E-state index is 0.642. The first kappa shape index (κ1) is 15.9. The van der Waals surface area contributed by atoms with E-state index in [1.54, 1.807) is 7.11 Å². The van der Waals surface area contributed by atoms with Gasteiger partial charge in [0, 0.05) is 32.0 Å². The molecule has 1 heterocycles. The second-order valence-corrected chi connectivity index (χ2v) is 4.89. The molecule has 1 aromatic carbocycles. The van der Waals surface area contributed by atoms with Gasteiger partial charge < -0.3 is 19.9 Å². The van der Waals surface area contributed by atoms with Crippen molar-refractivity contribution in [3.8, 4) is 5.75 Å². The zero-order chi connectivity index (χ0) is 15.6. The van der Waals surface area contributed by atoms with Gasteiger partial charge in [-0.05, 0) is 36.8 Å². The average Bonchev–Trinajstić information content (AvgIpc) is 3.06. The van der Waals surface area contributed by atoms with Crippen LogP contribution in [0.25, 0.3) is 0 Å². The molecule has 0 aliphatic carbocycles. The van der Waals surface area contributed by atoms with Crippen LogP contribution in [0.4, 0.5) is 0 Å². The van der Waals surface area contributed by atoms with Crippen LogP contribution in [0.5, 0.6) is 5.75 Å². The van der Waals surface area contributed by atoms with Gasteiger partial charge in [0.05, 0.1) is 13.7 Å². The van der Waals surface area contributed by atoms with E-state index in [2.05, 4.69) is 39.5 Å². The van der Waals surface area contributed by atoms with E-state index in [1.807, 2.05) is 36.4 Å². The summed E-state index contributed by atoms with van der Waals surface area (Å²) in [7, 11) is 1.67. The fraction of sp³-hybridized carbons (Fsp3) is 0.353. The molecule has 1 aromatic heterocycles. The Morgan fingerprint density at radius 3 is 2.50 bits per heavy atom. The SMILES string of the molecule is CCNC(=NCc1ccc(OC)cc1)NCCn1cccc1. The van der Waals surface area contributed by atoms with Crippen molar-refractivity contribution in [1.29, 1.82) is 0 Å². The van der Waals surface area contributed by atoms with Gasteiger partial charge in [0.25, 0.3) is 0 Å². The number of aromatic nitrogens is 1. The Labute approximate surface area is 132 Å². The monoisotopic (exact) mass is 300 g/mol. The molecule has 0 unspecified atom stereocenters. The number of nitrogens with zero attached hydrogens (tertiary/aromatic N) is 2. The minimum absolute atomic E-state index is 0.642. The third-order valence-corrected chi connectivity index (χ3v) is 3.25. The first-order valence-electron chi connectivity index (χ1n) is 7.57. The fourth-order valence-electron chi connectivity index (χ4n) is 2.07. The van der Waals surface area contributed by atoms with Crippen LogP contribution in [0.1, 0.15) is 12.5 Å². The predicted octanol–water partition coefficient (Wildman–Crippen LogP) is 2.25. The molecule has 0 radical (unpaired) electrons. The Balaban J connectivity index is 1.85. The summed E-state index contributed by atoms with van der Waals surface area (Å²) in [5, 5.41) is 6.61. The quantitative estimate of drug-likeness (QED) is 0.609. The van der Waals surface area contributed by atoms with Crippen molar-refractivity contribution >= 4 is 5.96 Å². The van der Waals surface area contributed by atoms with Crippen LogP contribution in [0.2, 0.25) is 0 Å². The highest BCUT2D eigenvalue weighted by molar-refractivity contribution is 5.79. The highest BCUT2D eigenvalue weighted by atomic mass is 16.5. The number of nitrogens with one attached hydrogen (secondary N) is 2. The van der Waals surface area contributed by atoms with Crippen LogP contribution >= 0.6 is 0 Å². The van der Waals surface area contributed by atoms with Gasteiger partial charge in [-0.2, -0.15) is 0 Å². The fourth-order valence-corrected chi connectivity index (χ4v) is 2.07. The van der Waals surface area contributed by atoms with E-state index in [9.17, 15) is 0 Å². The zero-order valence-electron chi connectivity index (χ0n) is 13.2. The Bertz CT molecular complexity index is 561. The standard InChI is InChI=1S/C17H24N4O/c1-3-18-17(19-10-13-21-11-4-5-12-21)20-14-15-6-8-16(22-2)9-7-15/h4-9,11-12H,3,10,13-14H2,1-2H3,(H2,18,19,20). The van der Waals surface area contributed by atoms with E-state index in [1.165, 1.54) is 0 Å². The number of ether oxygens (including phenoxy) is 1. The highest BCUT2D eigenvalue weighted by Crippen LogP contribution is 2.11. The first-order chi connectivity index (χ1) is 10.8. The Hall–Kier alpha value is -2.43. The summed E-state index contributed by atoms with van der Waals surface area (Å²) in [5.41, 5.74) is 1.16. The van der Waals surface area contributed by atoms with Gasteiger partial charge in [0.1, 0.15) is 5.75 Å². The van der Waals surface area contributed by atoms with Crippen molar-refractivity contribution in [3.63, 3.8) is 0 Å². The number of hydrogen-bond acceptors (Lipinski definition) is 2. The Kier molecular flexibility index (Phi) is 6.36. The Morgan fingerprint density at radius 1 is 1.14 bits per heavy atom. The summed E-state index contributed by atoms with van der Waals surface area (Å²) in [6.07, 6.45) is 4.12. The smallest absolute Gasteiger partial charge is 0.191 e. The molecule has 0 spiro atoms. The molecule has 0 saturated carbocycles. The maximum Gasteiger partial charge on any atom is 0.191 e. The molecule has 0 amide bonds. The van der Waals surface area contributed by atoms with Crippen LogP contribution in [-0.4, -0.2) is 30.7 Å². The number of methoxy groups -OCH3 is 1. The van der Waals surface area contributed by atoms with E-state index >= 15 is 0 Å². The van der Waals surface area contributed by atoms with Crippen molar-refractivity contribution in [1.82, 2.24) is 15.2 Å². The van der Waals surface area contributed by atoms with Gasteiger partial charge in [-0.25, -0.2) is 4.99 Å². The third-order valence-electron chi connectivity index (χ3n) is 3.25. The molecule has 5 heteroatoms. The number of aliphatic imine (C=N–C) groups is 1. The van der Waals surface area contributed by atoms with E-state index in [4.69, 9.17) is 4.74 Å². The number of guanidine groups is 1. The lowest BCUT2D eigenvalue weighted by molar-refractivity contribution is 0.414. The van der Waals surface area contributed by atoms with Gasteiger partial charge in [-0.3, -0.25) is 0 Å². The van der Waals surface area contributed by atoms with E-state index < -0.39 is 0 Å². The molecule has 0 fully saturated rings. The lowest BCUT2D eigenvalue weighted by Gasteiger charge is -2.11. The molecule has 0 aliphatic rings. The minimum Gasteiger partial charge on any atom is -0.497 e. The van der Waals surface area contributed by atoms with E-state index in [0.717, 1.165) is 36.9 Å². The average molecular weight is 300 g/mol. The number of rotatable bonds is 7. The van der Waals surface area contributed by atoms with Crippen LogP contribution in [-0.2, 0) is 13.1 Å². The van der Waals surface area contributed by atoms with Crippen molar-refractivity contribution < 1.29 is 4.74 Å². The molecule has 0 atom stereocenters. The van der Waals surface area contributed by atoms with Crippen LogP contribution in [0.15, 0.2) is 53.8 Å². The molecule has 2 rings (SSSR count). The summed E-state index contributed by atoms with van der Waals surface area (Å²) in [6.45, 7) is 5.31. The molecular weight excluding hydrogens is 276 g/mol. The molecule has 118 valence electrons. The van der Waals surface area contributed by atoms with Gasteiger partial charge in [0.2, 0.25) is 0 Å². The zero-order valence-corrected chi connectivity index (χ0v) is 13.2. The number of hydrogen-bond donors (Lipinski definition) is 2. The lowest BCUT2D eigenvalue weighted by atomic mass is 10.2. The van der Waals surface area contributed by atoms with Gasteiger partial charge in [-0.1, -0.05) is 12.1 Å². The van der Waals surface area contributed by atoms with Crippen molar-refractivity contribution in [2.24, 2.45) is 4.99 Å². The van der Waals surface area contributed by atoms with E-state index in [0.29, 0.717) is 6.54 Å². The summed E-state index contributed by atoms with van der Waals surface area (Å²) < 4.78 is 7.30. The van der Waals surface area contributed by atoms with Crippen molar-refractivity contribution in [2.45, 2.75) is 20.0 Å². The highest BCUT2D eigenvalue weighted by Gasteiger charge is 1.98. The van der Waals surface area contributed by atoms with Gasteiger partial charge in [0.15, 0.2) is 5.96 Å². The van der Waals surface area contributed by atoms with Crippen molar-refractivity contribution in [2.75, 3.05) is 20.2 Å². The molecule has 2 N–H and O–H groups in total. The van der Waals surface area contributed by atoms with Crippen LogP contribution < -0.4 is 15.4 Å². The Morgan fingerprint density at radius 2 is 1.86 bits per heavy atom. The second-order valence-electron chi connectivity index (χ2n) is 4.89. The molecule has 22 heavy (non-hydrogen) atoms. The van der Waals surface area contributed by atoms with Crippen molar-refractivity contribution in [3.05, 3.63) is 54.4 Å². The summed E-state index contributed by atoms with van der Waals surface area (Å²) >= 11 is 0. The summed E-state index contributed by atoms with van der Waals surface area (Å²) in [6, 6.07) is 12.0. The van der Waals surface area contributed by atoms with Crippen LogP contribution in [0.3, 0.4) is 0 Å². The summed E-state index contributed by atoms with van der Waals surface area (Å²) in [5.74, 6) is 1.70. The molecular formula is C17H24N4O. The lowest BCUT2D eigenvalue weighted by Crippen LogP contribution is -2.38. The third kappa shape index (κ3) is 5.16. The van der Waals surface area contributed by atoms with E-state index in [-0.39, 0.29) is 0 Å². The van der Waals surface area contributed by atoms with Gasteiger partial charge >= 0.3 is 0 Å². The largest absolute Gasteiger partial charge is 0.497 e. The first-order valence-corrected chi connectivity index (χ1v) is 7.57. The molecule has 0 saturated heterocycles. The molecule has 0 bridgehead atoms. The molecule has 2 aromatic rings. The molecule has 5 nitrogen and oxygen atoms in total. The summed E-state index contributed by atoms with van der Waals surface area (Å²) in [4.78, 5) is 4.60. The topological polar surface area (TPSA) is 50.6 Å². The van der Waals surface area contributed by atoms with Gasteiger partial charge in [-0.15, -0.1) is 0 Å².